The number of hydrogen-bond donors (Lipinski definition) is 0. The smallest absolute Gasteiger partial charge is 0.136 e. The first kappa shape index (κ1) is 27.7. The third-order valence-electron chi connectivity index (χ3n) is 10.4. The van der Waals surface area contributed by atoms with Crippen molar-refractivity contribution in [1.82, 2.24) is 0 Å². The van der Waals surface area contributed by atoms with Crippen LogP contribution in [0.15, 0.2) is 174 Å². The summed E-state index contributed by atoms with van der Waals surface area (Å²) in [6.07, 6.45) is 0. The zero-order valence-corrected chi connectivity index (χ0v) is 27.8. The monoisotopic (exact) mass is 652 g/mol. The van der Waals surface area contributed by atoms with Gasteiger partial charge in [0, 0.05) is 30.9 Å². The van der Waals surface area contributed by atoms with E-state index in [1.54, 1.807) is 0 Å². The normalized spacial score (nSPS) is 12.0. The molecule has 11 rings (SSSR count). The SMILES string of the molecule is c1ccc(-c2c3ccccc3c(-c3ccc4c(c3)oc3cc(-c5ccc6sc7ccc8ccccc8c7c6c5)ccc34)c3ccccc23)cc1. The Kier molecular flexibility index (Phi) is 5.89. The summed E-state index contributed by atoms with van der Waals surface area (Å²) in [6, 6.07) is 61.9. The van der Waals surface area contributed by atoms with Crippen molar-refractivity contribution in [2.75, 3.05) is 0 Å². The van der Waals surface area contributed by atoms with Crippen LogP contribution in [-0.4, -0.2) is 0 Å². The lowest BCUT2D eigenvalue weighted by atomic mass is 9.86. The van der Waals surface area contributed by atoms with E-state index in [4.69, 9.17) is 4.42 Å². The fourth-order valence-electron chi connectivity index (χ4n) is 8.19. The topological polar surface area (TPSA) is 13.1 Å². The van der Waals surface area contributed by atoms with E-state index in [1.165, 1.54) is 74.7 Å². The van der Waals surface area contributed by atoms with Crippen LogP contribution in [0.1, 0.15) is 0 Å². The molecule has 0 saturated carbocycles. The quantitative estimate of drug-likeness (QED) is 0.173. The first-order valence-corrected chi connectivity index (χ1v) is 17.9. The van der Waals surface area contributed by atoms with E-state index in [9.17, 15) is 0 Å². The van der Waals surface area contributed by atoms with Crippen LogP contribution in [0.4, 0.5) is 0 Å². The van der Waals surface area contributed by atoms with E-state index in [2.05, 4.69) is 170 Å². The third kappa shape index (κ3) is 4.06. The van der Waals surface area contributed by atoms with Crippen molar-refractivity contribution < 1.29 is 4.42 Å². The maximum atomic E-state index is 6.70. The van der Waals surface area contributed by atoms with Gasteiger partial charge in [0.25, 0.3) is 0 Å². The van der Waals surface area contributed by atoms with Crippen molar-refractivity contribution in [2.24, 2.45) is 0 Å². The molecule has 0 spiro atoms. The number of furan rings is 1. The Morgan fingerprint density at radius 1 is 0.320 bits per heavy atom. The molecule has 11 aromatic rings. The Morgan fingerprint density at radius 2 is 0.840 bits per heavy atom. The predicted molar refractivity (Wildman–Crippen MR) is 215 cm³/mol. The van der Waals surface area contributed by atoms with Gasteiger partial charge in [0.2, 0.25) is 0 Å². The van der Waals surface area contributed by atoms with Gasteiger partial charge in [-0.25, -0.2) is 0 Å². The lowest BCUT2D eigenvalue weighted by molar-refractivity contribution is 0.669. The summed E-state index contributed by atoms with van der Waals surface area (Å²) >= 11 is 1.87. The van der Waals surface area contributed by atoms with E-state index in [-0.39, 0.29) is 0 Å². The molecule has 0 saturated heterocycles. The highest BCUT2D eigenvalue weighted by molar-refractivity contribution is 7.26. The van der Waals surface area contributed by atoms with Crippen LogP contribution in [0.25, 0.3) is 108 Å². The summed E-state index contributed by atoms with van der Waals surface area (Å²) in [6.45, 7) is 0. The lowest BCUT2D eigenvalue weighted by Gasteiger charge is -2.17. The first-order chi connectivity index (χ1) is 24.8. The average Bonchev–Trinajstić information content (AvgIpc) is 3.74. The Bertz CT molecular complexity index is 3090. The molecule has 1 nitrogen and oxygen atoms in total. The summed E-state index contributed by atoms with van der Waals surface area (Å²) in [5.74, 6) is 0. The maximum absolute atomic E-state index is 6.70. The highest BCUT2D eigenvalue weighted by Crippen LogP contribution is 2.45. The van der Waals surface area contributed by atoms with Crippen molar-refractivity contribution in [3.8, 4) is 33.4 Å². The highest BCUT2D eigenvalue weighted by atomic mass is 32.1. The second-order valence-electron chi connectivity index (χ2n) is 13.2. The van der Waals surface area contributed by atoms with Gasteiger partial charge in [-0.2, -0.15) is 0 Å². The minimum Gasteiger partial charge on any atom is -0.456 e. The zero-order valence-electron chi connectivity index (χ0n) is 27.0. The van der Waals surface area contributed by atoms with Crippen LogP contribution in [0.3, 0.4) is 0 Å². The third-order valence-corrected chi connectivity index (χ3v) is 11.6. The molecular formula is C48H28OS. The highest BCUT2D eigenvalue weighted by Gasteiger charge is 2.18. The van der Waals surface area contributed by atoms with Crippen LogP contribution in [-0.2, 0) is 0 Å². The maximum Gasteiger partial charge on any atom is 0.136 e. The summed E-state index contributed by atoms with van der Waals surface area (Å²) < 4.78 is 9.34. The van der Waals surface area contributed by atoms with Gasteiger partial charge in [0.1, 0.15) is 11.2 Å². The predicted octanol–water partition coefficient (Wildman–Crippen LogP) is 14.4. The van der Waals surface area contributed by atoms with E-state index >= 15 is 0 Å². The molecule has 0 unspecified atom stereocenters. The number of benzene rings is 9. The Morgan fingerprint density at radius 3 is 1.54 bits per heavy atom. The summed E-state index contributed by atoms with van der Waals surface area (Å²) in [5, 5.41) is 12.5. The van der Waals surface area contributed by atoms with Crippen molar-refractivity contribution in [3.63, 3.8) is 0 Å². The minimum absolute atomic E-state index is 0.903. The fourth-order valence-corrected chi connectivity index (χ4v) is 9.30. The van der Waals surface area contributed by atoms with Crippen LogP contribution in [0.2, 0.25) is 0 Å². The molecular weight excluding hydrogens is 625 g/mol. The molecule has 0 amide bonds. The van der Waals surface area contributed by atoms with Crippen LogP contribution >= 0.6 is 11.3 Å². The molecule has 9 aromatic carbocycles. The fraction of sp³-hybridized carbons (Fsp3) is 0. The van der Waals surface area contributed by atoms with Gasteiger partial charge < -0.3 is 4.42 Å². The van der Waals surface area contributed by atoms with Crippen molar-refractivity contribution in [3.05, 3.63) is 170 Å². The van der Waals surface area contributed by atoms with Gasteiger partial charge in [-0.05, 0) is 108 Å². The van der Waals surface area contributed by atoms with E-state index in [0.29, 0.717) is 0 Å². The Hall–Kier alpha value is -6.22. The molecule has 232 valence electrons. The van der Waals surface area contributed by atoms with Crippen LogP contribution < -0.4 is 0 Å². The van der Waals surface area contributed by atoms with Gasteiger partial charge in [0.15, 0.2) is 0 Å². The molecule has 50 heavy (non-hydrogen) atoms. The summed E-state index contributed by atoms with van der Waals surface area (Å²) in [5.41, 5.74) is 9.07. The molecule has 0 bridgehead atoms. The van der Waals surface area contributed by atoms with Crippen molar-refractivity contribution >= 4 is 85.8 Å². The standard InChI is InChI=1S/C48H28OS/c1-2-11-30(12-3-1)46-37-14-6-8-16-39(37)47(40-17-9-7-15-38(40)46)33-19-23-36-35-22-18-32(27-42(35)49-43(36)28-33)31-21-24-44-41(26-31)48-34-13-5-4-10-29(34)20-25-45(48)50-44/h1-28H. The second-order valence-corrected chi connectivity index (χ2v) is 14.3. The largest absolute Gasteiger partial charge is 0.456 e. The molecule has 2 heteroatoms. The van der Waals surface area contributed by atoms with E-state index < -0.39 is 0 Å². The lowest BCUT2D eigenvalue weighted by Crippen LogP contribution is -1.90. The number of thiophene rings is 1. The zero-order chi connectivity index (χ0) is 32.8. The molecule has 0 aliphatic rings. The van der Waals surface area contributed by atoms with Gasteiger partial charge in [-0.15, -0.1) is 11.3 Å². The summed E-state index contributed by atoms with van der Waals surface area (Å²) in [4.78, 5) is 0. The van der Waals surface area contributed by atoms with Gasteiger partial charge >= 0.3 is 0 Å². The molecule has 0 N–H and O–H groups in total. The Labute approximate surface area is 292 Å². The molecule has 0 aliphatic carbocycles. The van der Waals surface area contributed by atoms with Gasteiger partial charge in [0.05, 0.1) is 0 Å². The van der Waals surface area contributed by atoms with Crippen molar-refractivity contribution in [1.29, 1.82) is 0 Å². The molecule has 0 aliphatic heterocycles. The average molecular weight is 653 g/mol. The minimum atomic E-state index is 0.903. The number of rotatable bonds is 3. The first-order valence-electron chi connectivity index (χ1n) is 17.1. The van der Waals surface area contributed by atoms with Crippen LogP contribution in [0.5, 0.6) is 0 Å². The van der Waals surface area contributed by atoms with E-state index in [0.717, 1.165) is 33.1 Å². The van der Waals surface area contributed by atoms with Crippen molar-refractivity contribution in [2.45, 2.75) is 0 Å². The summed E-state index contributed by atoms with van der Waals surface area (Å²) in [7, 11) is 0. The Balaban J connectivity index is 1.08. The van der Waals surface area contributed by atoms with E-state index in [1.807, 2.05) is 11.3 Å². The molecule has 0 fully saturated rings. The van der Waals surface area contributed by atoms with Crippen LogP contribution in [0, 0.1) is 0 Å². The molecule has 2 aromatic heterocycles. The number of hydrogen-bond acceptors (Lipinski definition) is 2. The number of fused-ring (bicyclic) bond motifs is 10. The molecule has 0 atom stereocenters. The molecule has 0 radical (unpaired) electrons. The second kappa shape index (κ2) is 10.6. The van der Waals surface area contributed by atoms with Gasteiger partial charge in [-0.3, -0.25) is 0 Å². The molecule has 2 heterocycles. The van der Waals surface area contributed by atoms with Gasteiger partial charge in [-0.1, -0.05) is 127 Å².